The minimum atomic E-state index is -0.586. The maximum Gasteiger partial charge on any atom is 0.162 e. The monoisotopic (exact) mass is 503 g/mol. The number of allylic oxidation sites excluding steroid dienone is 3. The zero-order chi connectivity index (χ0) is 23.6. The van der Waals surface area contributed by atoms with E-state index >= 15 is 0 Å². The van der Waals surface area contributed by atoms with Crippen LogP contribution in [0, 0.1) is 16.7 Å². The number of hydrogen-bond donors (Lipinski definition) is 1. The van der Waals surface area contributed by atoms with E-state index in [-0.39, 0.29) is 11.2 Å². The first kappa shape index (κ1) is 24.1. The lowest BCUT2D eigenvalue weighted by molar-refractivity contribution is -0.118. The predicted molar refractivity (Wildman–Crippen MR) is 125 cm³/mol. The maximum atomic E-state index is 13.5. The van der Waals surface area contributed by atoms with Gasteiger partial charge in [0.1, 0.15) is 5.82 Å². The molecular formula is C24H30BrN3O4. The number of nitrogens with two attached hydrogens (primary N) is 1. The van der Waals surface area contributed by atoms with E-state index in [0.717, 1.165) is 15.7 Å². The number of Topliss-reactive ketones (excluding diaryl/α,β-unsaturated/α-hetero) is 1. The number of methoxy groups -OCH3 is 2. The average molecular weight is 504 g/mol. The van der Waals surface area contributed by atoms with E-state index in [4.69, 9.17) is 19.9 Å². The fourth-order valence-corrected chi connectivity index (χ4v) is 5.08. The van der Waals surface area contributed by atoms with Crippen molar-refractivity contribution in [3.05, 3.63) is 44.8 Å². The van der Waals surface area contributed by atoms with Crippen molar-refractivity contribution < 1.29 is 19.0 Å². The molecule has 0 saturated heterocycles. The van der Waals surface area contributed by atoms with Gasteiger partial charge in [0.05, 0.1) is 37.9 Å². The molecule has 0 spiro atoms. The summed E-state index contributed by atoms with van der Waals surface area (Å²) in [5.74, 6) is 0.929. The number of rotatable bonds is 7. The molecule has 2 aliphatic rings. The van der Waals surface area contributed by atoms with E-state index in [2.05, 4.69) is 35.8 Å². The predicted octanol–water partition coefficient (Wildman–Crippen LogP) is 4.24. The van der Waals surface area contributed by atoms with Gasteiger partial charge < -0.3 is 24.8 Å². The fraction of sp³-hybridized carbons (Fsp3) is 0.500. The average Bonchev–Trinajstić information content (AvgIpc) is 2.73. The second kappa shape index (κ2) is 9.55. The van der Waals surface area contributed by atoms with Crippen LogP contribution in [0.25, 0.3) is 0 Å². The molecule has 1 aliphatic heterocycles. The van der Waals surface area contributed by atoms with Gasteiger partial charge in [-0.1, -0.05) is 29.8 Å². The number of ether oxygens (including phenoxy) is 3. The van der Waals surface area contributed by atoms with Crippen LogP contribution in [0.1, 0.15) is 45.1 Å². The van der Waals surface area contributed by atoms with Crippen LogP contribution in [0.5, 0.6) is 11.5 Å². The number of carbonyl (C=O) groups is 1. The standard InChI is InChI=1S/C24H30BrN3O4/c1-6-32-20-9-14(16(25)10-19(20)31-5)21-15(13-26)23(27)28(7-8-30-4)17-11-24(2,3)12-18(29)22(17)21/h9-10,21H,6-8,11-12,27H2,1-5H3/t21-/m0/s1. The van der Waals surface area contributed by atoms with Crippen molar-refractivity contribution in [1.29, 1.82) is 5.26 Å². The van der Waals surface area contributed by atoms with E-state index in [0.29, 0.717) is 61.1 Å². The molecule has 1 atom stereocenters. The molecule has 0 unspecified atom stereocenters. The molecule has 1 aromatic rings. The maximum absolute atomic E-state index is 13.5. The number of ketones is 1. The van der Waals surface area contributed by atoms with E-state index in [9.17, 15) is 10.1 Å². The number of carbonyl (C=O) groups excluding carboxylic acids is 1. The van der Waals surface area contributed by atoms with Crippen LogP contribution in [-0.2, 0) is 9.53 Å². The van der Waals surface area contributed by atoms with Gasteiger partial charge in [0.25, 0.3) is 0 Å². The molecule has 7 nitrogen and oxygen atoms in total. The lowest BCUT2D eigenvalue weighted by Gasteiger charge is -2.44. The Balaban J connectivity index is 2.28. The van der Waals surface area contributed by atoms with Crippen LogP contribution in [-0.4, -0.2) is 44.7 Å². The van der Waals surface area contributed by atoms with Crippen molar-refractivity contribution in [2.24, 2.45) is 11.1 Å². The molecule has 2 N–H and O–H groups in total. The zero-order valence-corrected chi connectivity index (χ0v) is 20.8. The quantitative estimate of drug-likeness (QED) is 0.593. The van der Waals surface area contributed by atoms with Crippen molar-refractivity contribution in [1.82, 2.24) is 4.90 Å². The Morgan fingerprint density at radius 2 is 2.00 bits per heavy atom. The van der Waals surface area contributed by atoms with E-state index in [1.807, 2.05) is 17.9 Å². The van der Waals surface area contributed by atoms with Crippen molar-refractivity contribution in [3.63, 3.8) is 0 Å². The highest BCUT2D eigenvalue weighted by Gasteiger charge is 2.44. The molecule has 1 heterocycles. The van der Waals surface area contributed by atoms with Gasteiger partial charge in [0, 0.05) is 35.8 Å². The second-order valence-electron chi connectivity index (χ2n) is 8.75. The van der Waals surface area contributed by atoms with Gasteiger partial charge in [0.2, 0.25) is 0 Å². The highest BCUT2D eigenvalue weighted by Crippen LogP contribution is 2.51. The van der Waals surface area contributed by atoms with Crippen molar-refractivity contribution >= 4 is 21.7 Å². The van der Waals surface area contributed by atoms with Crippen molar-refractivity contribution in [2.75, 3.05) is 34.0 Å². The molecule has 3 rings (SSSR count). The molecule has 8 heteroatoms. The van der Waals surface area contributed by atoms with Crippen molar-refractivity contribution in [3.8, 4) is 17.6 Å². The Morgan fingerprint density at radius 3 is 2.59 bits per heavy atom. The normalized spacial score (nSPS) is 20.2. The summed E-state index contributed by atoms with van der Waals surface area (Å²) < 4.78 is 17.2. The first-order valence-corrected chi connectivity index (χ1v) is 11.4. The molecule has 32 heavy (non-hydrogen) atoms. The molecular weight excluding hydrogens is 474 g/mol. The molecule has 0 amide bonds. The summed E-state index contributed by atoms with van der Waals surface area (Å²) in [6, 6.07) is 5.93. The summed E-state index contributed by atoms with van der Waals surface area (Å²) in [6.45, 7) is 7.40. The molecule has 0 aromatic heterocycles. The largest absolute Gasteiger partial charge is 0.493 e. The van der Waals surface area contributed by atoms with Gasteiger partial charge in [-0.05, 0) is 36.5 Å². The van der Waals surface area contributed by atoms with Gasteiger partial charge in [-0.3, -0.25) is 4.79 Å². The summed E-state index contributed by atoms with van der Waals surface area (Å²) in [5.41, 5.74) is 8.94. The highest BCUT2D eigenvalue weighted by atomic mass is 79.9. The van der Waals surface area contributed by atoms with Crippen LogP contribution in [0.4, 0.5) is 0 Å². The highest BCUT2D eigenvalue weighted by molar-refractivity contribution is 9.10. The molecule has 172 valence electrons. The molecule has 0 radical (unpaired) electrons. The minimum Gasteiger partial charge on any atom is -0.493 e. The second-order valence-corrected chi connectivity index (χ2v) is 9.60. The summed E-state index contributed by atoms with van der Waals surface area (Å²) in [6.07, 6.45) is 1.09. The number of nitrogens with zero attached hydrogens (tertiary/aromatic N) is 2. The Kier molecular flexibility index (Phi) is 7.21. The van der Waals surface area contributed by atoms with E-state index in [1.54, 1.807) is 20.3 Å². The first-order valence-electron chi connectivity index (χ1n) is 10.6. The third kappa shape index (κ3) is 4.37. The number of halogens is 1. The summed E-state index contributed by atoms with van der Waals surface area (Å²) in [7, 11) is 3.19. The Bertz CT molecular complexity index is 1020. The number of benzene rings is 1. The van der Waals surface area contributed by atoms with Crippen LogP contribution in [0.15, 0.2) is 39.3 Å². The third-order valence-electron chi connectivity index (χ3n) is 5.90. The van der Waals surface area contributed by atoms with Crippen LogP contribution in [0.3, 0.4) is 0 Å². The van der Waals surface area contributed by atoms with Gasteiger partial charge in [-0.25, -0.2) is 0 Å². The van der Waals surface area contributed by atoms with Gasteiger partial charge >= 0.3 is 0 Å². The topological polar surface area (TPSA) is 97.8 Å². The molecule has 0 fully saturated rings. The van der Waals surface area contributed by atoms with Crippen LogP contribution >= 0.6 is 15.9 Å². The number of hydrogen-bond acceptors (Lipinski definition) is 7. The summed E-state index contributed by atoms with van der Waals surface area (Å²) in [5, 5.41) is 10.1. The minimum absolute atomic E-state index is 0.0320. The zero-order valence-electron chi connectivity index (χ0n) is 19.3. The Hall–Kier alpha value is -2.50. The van der Waals surface area contributed by atoms with Crippen molar-refractivity contribution in [2.45, 2.75) is 39.5 Å². The Labute approximate surface area is 197 Å². The van der Waals surface area contributed by atoms with Gasteiger partial charge in [-0.15, -0.1) is 0 Å². The summed E-state index contributed by atoms with van der Waals surface area (Å²) in [4.78, 5) is 15.4. The molecule has 1 aliphatic carbocycles. The van der Waals surface area contributed by atoms with Crippen LogP contribution in [0.2, 0.25) is 0 Å². The van der Waals surface area contributed by atoms with Gasteiger partial charge in [0.15, 0.2) is 17.3 Å². The van der Waals surface area contributed by atoms with E-state index < -0.39 is 5.92 Å². The number of nitriles is 1. The van der Waals surface area contributed by atoms with Crippen LogP contribution < -0.4 is 15.2 Å². The van der Waals surface area contributed by atoms with E-state index in [1.165, 1.54) is 0 Å². The third-order valence-corrected chi connectivity index (χ3v) is 6.59. The molecule has 1 aromatic carbocycles. The SMILES string of the molecule is CCOc1cc([C@H]2C(C#N)=C(N)N(CCOC)C3=C2C(=O)CC(C)(C)C3)c(Br)cc1OC. The lowest BCUT2D eigenvalue weighted by atomic mass is 9.68. The molecule has 0 saturated carbocycles. The first-order chi connectivity index (χ1) is 15.2. The van der Waals surface area contributed by atoms with Gasteiger partial charge in [-0.2, -0.15) is 5.26 Å². The molecule has 0 bridgehead atoms. The fourth-order valence-electron chi connectivity index (χ4n) is 4.52. The lowest BCUT2D eigenvalue weighted by Crippen LogP contribution is -2.43. The summed E-state index contributed by atoms with van der Waals surface area (Å²) >= 11 is 3.63. The Morgan fingerprint density at radius 1 is 1.28 bits per heavy atom. The smallest absolute Gasteiger partial charge is 0.162 e.